The van der Waals surface area contributed by atoms with E-state index >= 15 is 0 Å². The van der Waals surface area contributed by atoms with Crippen molar-refractivity contribution in [2.75, 3.05) is 17.1 Å². The number of nitrogens with zero attached hydrogens (tertiary/aromatic N) is 2. The SMILES string of the molecule is O=C(Cc1ccccc1N([O-])O)C(CO)c1ccccc1N([O-])O. The summed E-state index contributed by atoms with van der Waals surface area (Å²) >= 11 is 0. The number of para-hydroxylation sites is 2. The Morgan fingerprint density at radius 3 is 2.08 bits per heavy atom. The summed E-state index contributed by atoms with van der Waals surface area (Å²) in [6.07, 6.45) is -0.237. The van der Waals surface area contributed by atoms with Gasteiger partial charge in [0.05, 0.1) is 23.9 Å². The highest BCUT2D eigenvalue weighted by molar-refractivity contribution is 5.90. The largest absolute Gasteiger partial charge is 0.733 e. The molecule has 0 aliphatic heterocycles. The zero-order chi connectivity index (χ0) is 17.7. The molecule has 0 fully saturated rings. The molecule has 0 amide bonds. The van der Waals surface area contributed by atoms with E-state index in [1.54, 1.807) is 12.1 Å². The predicted octanol–water partition coefficient (Wildman–Crippen LogP) is 1.96. The fraction of sp³-hybridized carbons (Fsp3) is 0.188. The van der Waals surface area contributed by atoms with Gasteiger partial charge in [-0.1, -0.05) is 36.4 Å². The van der Waals surface area contributed by atoms with E-state index in [9.17, 15) is 20.3 Å². The van der Waals surface area contributed by atoms with Crippen molar-refractivity contribution in [3.8, 4) is 0 Å². The number of Topliss-reactive ketones (excluding diaryl/α,β-unsaturated/α-hetero) is 1. The van der Waals surface area contributed by atoms with Crippen LogP contribution in [0.3, 0.4) is 0 Å². The van der Waals surface area contributed by atoms with Crippen molar-refractivity contribution in [1.29, 1.82) is 0 Å². The van der Waals surface area contributed by atoms with E-state index < -0.39 is 18.3 Å². The Morgan fingerprint density at radius 2 is 1.50 bits per heavy atom. The Kier molecular flexibility index (Phi) is 5.85. The molecule has 8 heteroatoms. The van der Waals surface area contributed by atoms with Gasteiger partial charge in [-0.15, -0.1) is 0 Å². The van der Waals surface area contributed by atoms with Gasteiger partial charge >= 0.3 is 0 Å². The summed E-state index contributed by atoms with van der Waals surface area (Å²) in [6, 6.07) is 11.8. The Hall–Kier alpha value is -2.49. The number of carbonyl (C=O) groups is 1. The smallest absolute Gasteiger partial charge is 0.147 e. The van der Waals surface area contributed by atoms with E-state index in [4.69, 9.17) is 10.4 Å². The fourth-order valence-electron chi connectivity index (χ4n) is 2.49. The van der Waals surface area contributed by atoms with E-state index in [2.05, 4.69) is 0 Å². The number of aliphatic hydroxyl groups excluding tert-OH is 1. The molecule has 8 nitrogen and oxygen atoms in total. The van der Waals surface area contributed by atoms with Gasteiger partial charge in [-0.2, -0.15) is 0 Å². The van der Waals surface area contributed by atoms with Gasteiger partial charge in [0.25, 0.3) is 0 Å². The average molecular weight is 332 g/mol. The van der Waals surface area contributed by atoms with Crippen LogP contribution in [0.5, 0.6) is 0 Å². The number of benzene rings is 2. The lowest BCUT2D eigenvalue weighted by atomic mass is 9.90. The topological polar surface area (TPSA) is 130 Å². The summed E-state index contributed by atoms with van der Waals surface area (Å²) < 4.78 is 0. The molecule has 0 saturated carbocycles. The van der Waals surface area contributed by atoms with E-state index in [0.29, 0.717) is 0 Å². The molecule has 128 valence electrons. The molecule has 0 spiro atoms. The first kappa shape index (κ1) is 17.9. The molecular weight excluding hydrogens is 316 g/mol. The number of aliphatic hydroxyl groups is 1. The van der Waals surface area contributed by atoms with Gasteiger partial charge in [0.2, 0.25) is 0 Å². The van der Waals surface area contributed by atoms with Crippen molar-refractivity contribution in [3.63, 3.8) is 0 Å². The second kappa shape index (κ2) is 7.86. The van der Waals surface area contributed by atoms with Gasteiger partial charge in [-0.25, -0.2) is 0 Å². The third-order valence-electron chi connectivity index (χ3n) is 3.65. The van der Waals surface area contributed by atoms with Crippen LogP contribution in [0.15, 0.2) is 48.5 Å². The molecule has 0 bridgehead atoms. The normalized spacial score (nSPS) is 11.9. The van der Waals surface area contributed by atoms with E-state index in [-0.39, 0.29) is 39.4 Å². The minimum atomic E-state index is -1.06. The maximum Gasteiger partial charge on any atom is 0.147 e. The number of anilines is 2. The number of ketones is 1. The molecule has 24 heavy (non-hydrogen) atoms. The van der Waals surface area contributed by atoms with Crippen molar-refractivity contribution < 1.29 is 20.3 Å². The second-order valence-electron chi connectivity index (χ2n) is 5.11. The molecule has 0 aliphatic rings. The Labute approximate surface area is 137 Å². The molecule has 2 rings (SSSR count). The van der Waals surface area contributed by atoms with Crippen LogP contribution in [0, 0.1) is 10.4 Å². The van der Waals surface area contributed by atoms with Gasteiger partial charge in [0.1, 0.15) is 5.78 Å². The monoisotopic (exact) mass is 332 g/mol. The lowest BCUT2D eigenvalue weighted by Gasteiger charge is -2.28. The molecule has 1 atom stereocenters. The van der Waals surface area contributed by atoms with Crippen LogP contribution in [0.25, 0.3) is 0 Å². The minimum absolute atomic E-state index is 0.0802. The van der Waals surface area contributed by atoms with Crippen LogP contribution < -0.4 is 10.5 Å². The Morgan fingerprint density at radius 1 is 0.958 bits per heavy atom. The van der Waals surface area contributed by atoms with Gasteiger partial charge in [-0.05, 0) is 23.3 Å². The lowest BCUT2D eigenvalue weighted by Crippen LogP contribution is -2.22. The summed E-state index contributed by atoms with van der Waals surface area (Å²) in [6.45, 7) is -0.577. The first-order valence-corrected chi connectivity index (χ1v) is 7.08. The summed E-state index contributed by atoms with van der Waals surface area (Å²) in [5.41, 5.74) is 0.219. The van der Waals surface area contributed by atoms with Crippen LogP contribution in [-0.2, 0) is 11.2 Å². The fourth-order valence-corrected chi connectivity index (χ4v) is 2.49. The highest BCUT2D eigenvalue weighted by atomic mass is 16.8. The van der Waals surface area contributed by atoms with Crippen LogP contribution in [-0.4, -0.2) is 27.9 Å². The molecule has 2 aromatic rings. The maximum absolute atomic E-state index is 12.5. The highest BCUT2D eigenvalue weighted by Gasteiger charge is 2.23. The van der Waals surface area contributed by atoms with Crippen molar-refractivity contribution in [1.82, 2.24) is 0 Å². The van der Waals surface area contributed by atoms with Crippen molar-refractivity contribution in [2.24, 2.45) is 0 Å². The first-order valence-electron chi connectivity index (χ1n) is 7.08. The van der Waals surface area contributed by atoms with Gasteiger partial charge in [-0.3, -0.25) is 15.2 Å². The molecule has 3 N–H and O–H groups in total. The zero-order valence-corrected chi connectivity index (χ0v) is 12.6. The molecule has 0 aromatic heterocycles. The van der Waals surface area contributed by atoms with Crippen molar-refractivity contribution >= 4 is 17.2 Å². The summed E-state index contributed by atoms with van der Waals surface area (Å²) in [5, 5.41) is 49.4. The molecule has 0 saturated heterocycles. The Balaban J connectivity index is 2.31. The third-order valence-corrected chi connectivity index (χ3v) is 3.65. The number of carbonyl (C=O) groups excluding carboxylic acids is 1. The maximum atomic E-state index is 12.5. The Bertz CT molecular complexity index is 704. The molecule has 0 heterocycles. The van der Waals surface area contributed by atoms with Crippen molar-refractivity contribution in [2.45, 2.75) is 12.3 Å². The van der Waals surface area contributed by atoms with E-state index in [1.807, 2.05) is 0 Å². The molecule has 1 unspecified atom stereocenters. The number of hydrogen-bond acceptors (Lipinski definition) is 8. The average Bonchev–Trinajstić information content (AvgIpc) is 2.56. The van der Waals surface area contributed by atoms with E-state index in [1.165, 1.54) is 36.4 Å². The van der Waals surface area contributed by atoms with Gasteiger partial charge in [0.15, 0.2) is 0 Å². The summed E-state index contributed by atoms with van der Waals surface area (Å²) in [4.78, 5) is 12.5. The van der Waals surface area contributed by atoms with Crippen LogP contribution >= 0.6 is 0 Å². The molecule has 0 aliphatic carbocycles. The van der Waals surface area contributed by atoms with Gasteiger partial charge in [0, 0.05) is 6.42 Å². The van der Waals surface area contributed by atoms with Crippen molar-refractivity contribution in [3.05, 3.63) is 70.1 Å². The quantitative estimate of drug-likeness (QED) is 0.656. The van der Waals surface area contributed by atoms with Crippen LogP contribution in [0.2, 0.25) is 0 Å². The highest BCUT2D eigenvalue weighted by Crippen LogP contribution is 2.29. The zero-order valence-electron chi connectivity index (χ0n) is 12.6. The summed E-state index contributed by atoms with van der Waals surface area (Å²) in [5.74, 6) is -1.53. The van der Waals surface area contributed by atoms with Crippen LogP contribution in [0.4, 0.5) is 11.4 Å². The standard InChI is InChI=1S/C16H16N2O6/c19-10-13(12-6-2-4-8-15(12)18(23)24)16(20)9-11-5-1-3-7-14(11)17(21)22/h1-8,13,19,21,23H,9-10H2/q-2. The molecular formula is C16H16N2O6-2. The third kappa shape index (κ3) is 3.88. The first-order chi connectivity index (χ1) is 11.5. The summed E-state index contributed by atoms with van der Waals surface area (Å²) in [7, 11) is 0. The number of hydrogen-bond donors (Lipinski definition) is 3. The predicted molar refractivity (Wildman–Crippen MR) is 86.7 cm³/mol. The molecule has 0 radical (unpaired) electrons. The lowest BCUT2D eigenvalue weighted by molar-refractivity contribution is -0.120. The van der Waals surface area contributed by atoms with Gasteiger partial charge < -0.3 is 26.0 Å². The molecule has 2 aromatic carbocycles. The van der Waals surface area contributed by atoms with Crippen LogP contribution in [0.1, 0.15) is 17.0 Å². The number of rotatable bonds is 7. The van der Waals surface area contributed by atoms with E-state index in [0.717, 1.165) is 0 Å². The minimum Gasteiger partial charge on any atom is -0.733 e. The second-order valence-corrected chi connectivity index (χ2v) is 5.11.